The number of rotatable bonds is 7. The molecular formula is C19H23N5O3. The molecule has 2 heterocycles. The molecule has 0 aliphatic heterocycles. The lowest BCUT2D eigenvalue weighted by molar-refractivity contribution is 0.339. The minimum absolute atomic E-state index is 0.437. The molecule has 8 nitrogen and oxygen atoms in total. The molecule has 2 N–H and O–H groups in total. The Bertz CT molecular complexity index is 881. The lowest BCUT2D eigenvalue weighted by Gasteiger charge is -2.17. The molecule has 3 aromatic rings. The van der Waals surface area contributed by atoms with Gasteiger partial charge in [0.25, 0.3) is 0 Å². The number of hydrogen-bond acceptors (Lipinski definition) is 8. The number of nitrogens with two attached hydrogens (primary N) is 1. The van der Waals surface area contributed by atoms with Crippen molar-refractivity contribution in [3.05, 3.63) is 41.9 Å². The van der Waals surface area contributed by atoms with E-state index in [0.29, 0.717) is 42.9 Å². The van der Waals surface area contributed by atoms with Gasteiger partial charge >= 0.3 is 0 Å². The smallest absolute Gasteiger partial charge is 0.227 e. The first-order chi connectivity index (χ1) is 13.2. The third-order valence-electron chi connectivity index (χ3n) is 4.85. The van der Waals surface area contributed by atoms with Gasteiger partial charge in [-0.25, -0.2) is 0 Å². The van der Waals surface area contributed by atoms with Crippen molar-refractivity contribution in [2.45, 2.75) is 51.0 Å². The Kier molecular flexibility index (Phi) is 4.89. The molecule has 2 aromatic heterocycles. The number of aryl methyl sites for hydroxylation is 2. The van der Waals surface area contributed by atoms with Crippen molar-refractivity contribution in [1.29, 1.82) is 0 Å². The Balaban J connectivity index is 1.38. The average molecular weight is 369 g/mol. The number of ether oxygens (including phenoxy) is 1. The molecule has 4 rings (SSSR count). The second kappa shape index (κ2) is 7.48. The summed E-state index contributed by atoms with van der Waals surface area (Å²) in [5.74, 6) is 3.04. The summed E-state index contributed by atoms with van der Waals surface area (Å²) in [6, 6.07) is 7.60. The summed E-state index contributed by atoms with van der Waals surface area (Å²) in [6.45, 7) is 2.58. The molecule has 1 aromatic carbocycles. The largest absolute Gasteiger partial charge is 0.494 e. The zero-order valence-corrected chi connectivity index (χ0v) is 15.4. The van der Waals surface area contributed by atoms with Gasteiger partial charge in [-0.2, -0.15) is 9.97 Å². The zero-order chi connectivity index (χ0) is 18.7. The normalized spacial score (nSPS) is 15.9. The van der Waals surface area contributed by atoms with Gasteiger partial charge in [0.1, 0.15) is 5.75 Å². The third-order valence-corrected chi connectivity index (χ3v) is 4.85. The number of nitrogens with zero attached hydrogens (tertiary/aromatic N) is 4. The molecule has 0 amide bonds. The van der Waals surface area contributed by atoms with Crippen LogP contribution in [0.5, 0.6) is 5.75 Å². The molecule has 0 bridgehead atoms. The summed E-state index contributed by atoms with van der Waals surface area (Å²) in [5, 5.41) is 8.11. The molecule has 1 fully saturated rings. The molecule has 142 valence electrons. The van der Waals surface area contributed by atoms with E-state index in [9.17, 15) is 0 Å². The Morgan fingerprint density at radius 2 is 1.67 bits per heavy atom. The minimum atomic E-state index is -0.437. The van der Waals surface area contributed by atoms with E-state index in [0.717, 1.165) is 37.0 Å². The molecule has 8 heteroatoms. The van der Waals surface area contributed by atoms with Crippen molar-refractivity contribution in [1.82, 2.24) is 20.3 Å². The summed E-state index contributed by atoms with van der Waals surface area (Å²) in [4.78, 5) is 8.90. The maximum Gasteiger partial charge on any atom is 0.227 e. The second-order valence-electron chi connectivity index (χ2n) is 6.84. The van der Waals surface area contributed by atoms with Gasteiger partial charge in [0, 0.05) is 18.4 Å². The van der Waals surface area contributed by atoms with Crippen LogP contribution in [0.1, 0.15) is 50.2 Å². The predicted octanol–water partition coefficient (Wildman–Crippen LogP) is 3.03. The fraction of sp³-hybridized carbons (Fsp3) is 0.474. The first-order valence-corrected chi connectivity index (χ1v) is 9.34. The van der Waals surface area contributed by atoms with Gasteiger partial charge in [-0.05, 0) is 44.0 Å². The van der Waals surface area contributed by atoms with Crippen LogP contribution < -0.4 is 10.5 Å². The molecule has 0 atom stereocenters. The van der Waals surface area contributed by atoms with E-state index in [1.165, 1.54) is 0 Å². The van der Waals surface area contributed by atoms with Crippen molar-refractivity contribution < 1.29 is 13.8 Å². The number of hydrogen-bond donors (Lipinski definition) is 1. The summed E-state index contributed by atoms with van der Waals surface area (Å²) in [5.41, 5.74) is 6.80. The highest BCUT2D eigenvalue weighted by molar-refractivity contribution is 5.55. The van der Waals surface area contributed by atoms with E-state index in [-0.39, 0.29) is 0 Å². The average Bonchev–Trinajstić information content (AvgIpc) is 3.42. The first-order valence-electron chi connectivity index (χ1n) is 9.34. The van der Waals surface area contributed by atoms with Crippen LogP contribution >= 0.6 is 0 Å². The standard InChI is InChI=1S/C19H23N5O3/c1-2-25-14-7-5-13(6-8-14)17-21-15(26-23-17)9-10-16-22-18(24-27-16)19(20)11-3-4-12-19/h5-8H,2-4,9-12,20H2,1H3. The molecule has 0 saturated heterocycles. The minimum Gasteiger partial charge on any atom is -0.494 e. The lowest BCUT2D eigenvalue weighted by Crippen LogP contribution is -2.34. The SMILES string of the molecule is CCOc1ccc(-c2noc(CCc3nc(C4(N)CCCC4)no3)n2)cc1. The topological polar surface area (TPSA) is 113 Å². The summed E-state index contributed by atoms with van der Waals surface area (Å²) in [7, 11) is 0. The van der Waals surface area contributed by atoms with Crippen LogP contribution in [0.4, 0.5) is 0 Å². The summed E-state index contributed by atoms with van der Waals surface area (Å²) >= 11 is 0. The van der Waals surface area contributed by atoms with Crippen LogP contribution in [0, 0.1) is 0 Å². The zero-order valence-electron chi connectivity index (χ0n) is 15.4. The maximum atomic E-state index is 6.36. The quantitative estimate of drug-likeness (QED) is 0.676. The molecule has 1 saturated carbocycles. The highest BCUT2D eigenvalue weighted by Crippen LogP contribution is 2.34. The van der Waals surface area contributed by atoms with E-state index in [4.69, 9.17) is 19.5 Å². The summed E-state index contributed by atoms with van der Waals surface area (Å²) < 4.78 is 16.1. The molecule has 1 aliphatic carbocycles. The molecule has 0 unspecified atom stereocenters. The van der Waals surface area contributed by atoms with Gasteiger partial charge in [0.15, 0.2) is 5.82 Å². The third kappa shape index (κ3) is 3.85. The fourth-order valence-corrected chi connectivity index (χ4v) is 3.34. The van der Waals surface area contributed by atoms with Crippen LogP contribution in [0.25, 0.3) is 11.4 Å². The predicted molar refractivity (Wildman–Crippen MR) is 96.9 cm³/mol. The monoisotopic (exact) mass is 369 g/mol. The number of benzene rings is 1. The molecule has 0 radical (unpaired) electrons. The van der Waals surface area contributed by atoms with E-state index in [2.05, 4.69) is 20.3 Å². The van der Waals surface area contributed by atoms with E-state index in [1.807, 2.05) is 31.2 Å². The van der Waals surface area contributed by atoms with Crippen LogP contribution in [0.3, 0.4) is 0 Å². The van der Waals surface area contributed by atoms with Crippen LogP contribution in [-0.4, -0.2) is 26.9 Å². The Morgan fingerprint density at radius 3 is 2.37 bits per heavy atom. The summed E-state index contributed by atoms with van der Waals surface area (Å²) in [6.07, 6.45) is 5.09. The van der Waals surface area contributed by atoms with Crippen LogP contribution in [0.2, 0.25) is 0 Å². The van der Waals surface area contributed by atoms with Gasteiger partial charge in [0.2, 0.25) is 17.6 Å². The van der Waals surface area contributed by atoms with Gasteiger partial charge < -0.3 is 19.5 Å². The highest BCUT2D eigenvalue weighted by Gasteiger charge is 2.35. The molecule has 0 spiro atoms. The van der Waals surface area contributed by atoms with E-state index >= 15 is 0 Å². The van der Waals surface area contributed by atoms with Crippen molar-refractivity contribution in [2.75, 3.05) is 6.61 Å². The van der Waals surface area contributed by atoms with E-state index < -0.39 is 5.54 Å². The van der Waals surface area contributed by atoms with Crippen LogP contribution in [-0.2, 0) is 18.4 Å². The van der Waals surface area contributed by atoms with E-state index in [1.54, 1.807) is 0 Å². The van der Waals surface area contributed by atoms with Gasteiger partial charge in [-0.15, -0.1) is 0 Å². The van der Waals surface area contributed by atoms with Crippen LogP contribution in [0.15, 0.2) is 33.3 Å². The van der Waals surface area contributed by atoms with Gasteiger partial charge in [-0.1, -0.05) is 23.2 Å². The Hall–Kier alpha value is -2.74. The maximum absolute atomic E-state index is 6.36. The lowest BCUT2D eigenvalue weighted by atomic mass is 9.99. The fourth-order valence-electron chi connectivity index (χ4n) is 3.34. The first kappa shape index (κ1) is 17.7. The van der Waals surface area contributed by atoms with Gasteiger partial charge in [0.05, 0.1) is 12.1 Å². The van der Waals surface area contributed by atoms with Gasteiger partial charge in [-0.3, -0.25) is 0 Å². The molecular weight excluding hydrogens is 346 g/mol. The second-order valence-corrected chi connectivity index (χ2v) is 6.84. The Morgan fingerprint density at radius 1 is 1.00 bits per heavy atom. The van der Waals surface area contributed by atoms with Crippen molar-refractivity contribution in [3.63, 3.8) is 0 Å². The number of aromatic nitrogens is 4. The molecule has 1 aliphatic rings. The molecule has 27 heavy (non-hydrogen) atoms. The van der Waals surface area contributed by atoms with Crippen molar-refractivity contribution in [3.8, 4) is 17.1 Å². The van der Waals surface area contributed by atoms with Crippen molar-refractivity contribution >= 4 is 0 Å². The highest BCUT2D eigenvalue weighted by atomic mass is 16.5. The Labute approximate surface area is 157 Å². The van der Waals surface area contributed by atoms with Crippen molar-refractivity contribution in [2.24, 2.45) is 5.73 Å².